The van der Waals surface area contributed by atoms with Crippen LogP contribution in [0.25, 0.3) is 10.2 Å². The third-order valence-electron chi connectivity index (χ3n) is 4.46. The Hall–Kier alpha value is -1.30. The lowest BCUT2D eigenvalue weighted by molar-refractivity contribution is 0.218. The number of hydrogen-bond donors (Lipinski definition) is 0. The van der Waals surface area contributed by atoms with Crippen LogP contribution in [0.15, 0.2) is 4.79 Å². The van der Waals surface area contributed by atoms with E-state index in [0.29, 0.717) is 16.1 Å². The van der Waals surface area contributed by atoms with Crippen molar-refractivity contribution in [1.29, 1.82) is 0 Å². The molecule has 3 rings (SSSR count). The van der Waals surface area contributed by atoms with E-state index in [-0.39, 0.29) is 17.5 Å². The van der Waals surface area contributed by atoms with Crippen LogP contribution >= 0.6 is 11.3 Å². The van der Waals surface area contributed by atoms with Crippen LogP contribution in [0.1, 0.15) is 37.6 Å². The van der Waals surface area contributed by atoms with E-state index >= 15 is 0 Å². The van der Waals surface area contributed by atoms with Gasteiger partial charge in [0.1, 0.15) is 6.67 Å². The molecule has 4 nitrogen and oxygen atoms in total. The van der Waals surface area contributed by atoms with E-state index in [9.17, 15) is 9.18 Å². The summed E-state index contributed by atoms with van der Waals surface area (Å²) in [6.45, 7) is 6.19. The maximum Gasteiger partial charge on any atom is 0.278 e. The summed E-state index contributed by atoms with van der Waals surface area (Å²) in [5.41, 5.74) is 1.21. The number of halogens is 1. The number of aryl methyl sites for hydroxylation is 2. The molecular formula is C15H20FN3OS. The molecule has 0 spiro atoms. The Labute approximate surface area is 127 Å². The molecule has 0 saturated carbocycles. The van der Waals surface area contributed by atoms with Gasteiger partial charge in [-0.3, -0.25) is 4.79 Å². The van der Waals surface area contributed by atoms with Crippen molar-refractivity contribution in [3.8, 4) is 0 Å². The monoisotopic (exact) mass is 309 g/mol. The third-order valence-corrected chi connectivity index (χ3v) is 5.60. The van der Waals surface area contributed by atoms with E-state index < -0.39 is 6.67 Å². The molecule has 1 aliphatic carbocycles. The van der Waals surface area contributed by atoms with Crippen molar-refractivity contribution in [3.63, 3.8) is 0 Å². The quantitative estimate of drug-likeness (QED) is 0.857. The molecule has 0 saturated heterocycles. The van der Waals surface area contributed by atoms with Gasteiger partial charge < -0.3 is 0 Å². The fourth-order valence-electron chi connectivity index (χ4n) is 3.09. The molecule has 0 bridgehead atoms. The SMILES string of the molecule is CC(C)(C)C1CCc2c(sc3nnn(CCF)c(=O)c23)C1. The van der Waals surface area contributed by atoms with Gasteiger partial charge in [0.25, 0.3) is 5.56 Å². The van der Waals surface area contributed by atoms with Crippen molar-refractivity contribution in [2.24, 2.45) is 11.3 Å². The maximum absolute atomic E-state index is 12.5. The number of thiophene rings is 1. The zero-order chi connectivity index (χ0) is 15.2. The Balaban J connectivity index is 2.08. The summed E-state index contributed by atoms with van der Waals surface area (Å²) < 4.78 is 13.6. The summed E-state index contributed by atoms with van der Waals surface area (Å²) >= 11 is 1.58. The van der Waals surface area contributed by atoms with Crippen molar-refractivity contribution in [2.45, 2.75) is 46.6 Å². The molecular weight excluding hydrogens is 289 g/mol. The summed E-state index contributed by atoms with van der Waals surface area (Å²) in [6, 6.07) is 0. The lowest BCUT2D eigenvalue weighted by atomic mass is 9.72. The average Bonchev–Trinajstić information content (AvgIpc) is 2.79. The molecule has 0 radical (unpaired) electrons. The van der Waals surface area contributed by atoms with Gasteiger partial charge in [0.2, 0.25) is 0 Å². The van der Waals surface area contributed by atoms with Crippen LogP contribution in [0.4, 0.5) is 4.39 Å². The molecule has 6 heteroatoms. The molecule has 114 valence electrons. The van der Waals surface area contributed by atoms with E-state index in [1.165, 1.54) is 4.88 Å². The maximum atomic E-state index is 12.5. The van der Waals surface area contributed by atoms with Crippen LogP contribution in [0, 0.1) is 11.3 Å². The zero-order valence-corrected chi connectivity index (χ0v) is 13.5. The number of hydrogen-bond acceptors (Lipinski definition) is 4. The highest BCUT2D eigenvalue weighted by atomic mass is 32.1. The highest BCUT2D eigenvalue weighted by Gasteiger charge is 2.31. The molecule has 2 aromatic rings. The Morgan fingerprint density at radius 2 is 2.19 bits per heavy atom. The smallest absolute Gasteiger partial charge is 0.267 e. The van der Waals surface area contributed by atoms with Gasteiger partial charge in [0.05, 0.1) is 11.9 Å². The third kappa shape index (κ3) is 2.50. The molecule has 0 aliphatic heterocycles. The van der Waals surface area contributed by atoms with E-state index in [1.807, 2.05) is 0 Å². The second-order valence-electron chi connectivity index (χ2n) is 6.80. The molecule has 2 aromatic heterocycles. The molecule has 1 unspecified atom stereocenters. The van der Waals surface area contributed by atoms with Crippen LogP contribution < -0.4 is 5.56 Å². The van der Waals surface area contributed by atoms with Crippen LogP contribution in [-0.2, 0) is 19.4 Å². The second kappa shape index (κ2) is 5.16. The lowest BCUT2D eigenvalue weighted by Crippen LogP contribution is -2.28. The summed E-state index contributed by atoms with van der Waals surface area (Å²) in [4.78, 5) is 14.4. The largest absolute Gasteiger partial charge is 0.278 e. The Bertz CT molecular complexity index is 729. The first-order chi connectivity index (χ1) is 9.91. The first-order valence-corrected chi connectivity index (χ1v) is 8.17. The van der Waals surface area contributed by atoms with Crippen molar-refractivity contribution in [2.75, 3.05) is 6.67 Å². The minimum absolute atomic E-state index is 0.0169. The van der Waals surface area contributed by atoms with Crippen LogP contribution in [-0.4, -0.2) is 21.7 Å². The topological polar surface area (TPSA) is 47.8 Å². The average molecular weight is 309 g/mol. The minimum Gasteiger partial charge on any atom is -0.267 e. The highest BCUT2D eigenvalue weighted by molar-refractivity contribution is 7.18. The van der Waals surface area contributed by atoms with Crippen molar-refractivity contribution in [3.05, 3.63) is 20.8 Å². The van der Waals surface area contributed by atoms with Gasteiger partial charge in [-0.2, -0.15) is 0 Å². The first-order valence-electron chi connectivity index (χ1n) is 7.36. The molecule has 21 heavy (non-hydrogen) atoms. The van der Waals surface area contributed by atoms with Crippen LogP contribution in [0.3, 0.4) is 0 Å². The van der Waals surface area contributed by atoms with Gasteiger partial charge in [-0.05, 0) is 36.2 Å². The fraction of sp³-hybridized carbons (Fsp3) is 0.667. The Kier molecular flexibility index (Phi) is 3.59. The molecule has 1 atom stereocenters. The van der Waals surface area contributed by atoms with Gasteiger partial charge in [0.15, 0.2) is 4.83 Å². The number of fused-ring (bicyclic) bond motifs is 3. The summed E-state index contributed by atoms with van der Waals surface area (Å²) in [5.74, 6) is 0.624. The number of alkyl halides is 1. The first kappa shape index (κ1) is 14.6. The predicted molar refractivity (Wildman–Crippen MR) is 82.6 cm³/mol. The number of rotatable bonds is 2. The van der Waals surface area contributed by atoms with Gasteiger partial charge in [0, 0.05) is 4.88 Å². The van der Waals surface area contributed by atoms with Gasteiger partial charge in [-0.25, -0.2) is 9.07 Å². The second-order valence-corrected chi connectivity index (χ2v) is 7.88. The molecule has 2 heterocycles. The van der Waals surface area contributed by atoms with Crippen LogP contribution in [0.2, 0.25) is 0 Å². The summed E-state index contributed by atoms with van der Waals surface area (Å²) in [7, 11) is 0. The van der Waals surface area contributed by atoms with Crippen molar-refractivity contribution in [1.82, 2.24) is 15.0 Å². The minimum atomic E-state index is -0.599. The Morgan fingerprint density at radius 1 is 1.43 bits per heavy atom. The van der Waals surface area contributed by atoms with Gasteiger partial charge >= 0.3 is 0 Å². The molecule has 0 N–H and O–H groups in total. The predicted octanol–water partition coefficient (Wildman–Crippen LogP) is 2.97. The van der Waals surface area contributed by atoms with Gasteiger partial charge in [-0.15, -0.1) is 16.4 Å². The van der Waals surface area contributed by atoms with E-state index in [4.69, 9.17) is 0 Å². The van der Waals surface area contributed by atoms with Crippen LogP contribution in [0.5, 0.6) is 0 Å². The molecule has 0 amide bonds. The molecule has 0 fully saturated rings. The Morgan fingerprint density at radius 3 is 2.86 bits per heavy atom. The summed E-state index contributed by atoms with van der Waals surface area (Å²) in [5, 5.41) is 8.62. The normalized spacial score (nSPS) is 19.0. The molecule has 1 aliphatic rings. The summed E-state index contributed by atoms with van der Waals surface area (Å²) in [6.07, 6.45) is 3.00. The number of aromatic nitrogens is 3. The standard InChI is InChI=1S/C15H20FN3OS/c1-15(2,3)9-4-5-10-11(8-9)21-13-12(10)14(20)19(7-6-16)18-17-13/h9H,4-8H2,1-3H3. The number of nitrogens with zero attached hydrogens (tertiary/aromatic N) is 3. The van der Waals surface area contributed by atoms with Crippen molar-refractivity contribution >= 4 is 21.6 Å². The van der Waals surface area contributed by atoms with Crippen molar-refractivity contribution < 1.29 is 4.39 Å². The van der Waals surface area contributed by atoms with E-state index in [0.717, 1.165) is 29.5 Å². The zero-order valence-electron chi connectivity index (χ0n) is 12.6. The molecule has 0 aromatic carbocycles. The lowest BCUT2D eigenvalue weighted by Gasteiger charge is -2.33. The highest BCUT2D eigenvalue weighted by Crippen LogP contribution is 2.41. The van der Waals surface area contributed by atoms with E-state index in [2.05, 4.69) is 31.1 Å². The van der Waals surface area contributed by atoms with E-state index in [1.54, 1.807) is 11.3 Å². The van der Waals surface area contributed by atoms with Gasteiger partial charge in [-0.1, -0.05) is 26.0 Å². The fourth-order valence-corrected chi connectivity index (χ4v) is 4.33.